The van der Waals surface area contributed by atoms with Crippen LogP contribution in [0.4, 0.5) is 10.1 Å². The summed E-state index contributed by atoms with van der Waals surface area (Å²) in [5.41, 5.74) is 0.510. The van der Waals surface area contributed by atoms with Crippen molar-refractivity contribution in [3.05, 3.63) is 48.4 Å². The van der Waals surface area contributed by atoms with Crippen molar-refractivity contribution >= 4 is 11.6 Å². The van der Waals surface area contributed by atoms with Crippen LogP contribution in [0.5, 0.6) is 11.6 Å². The van der Waals surface area contributed by atoms with Crippen LogP contribution in [-0.2, 0) is 4.79 Å². The number of pyridine rings is 1. The Labute approximate surface area is 103 Å². The zero-order valence-electron chi connectivity index (χ0n) is 9.68. The fourth-order valence-electron chi connectivity index (χ4n) is 1.41. The van der Waals surface area contributed by atoms with Crippen molar-refractivity contribution in [3.63, 3.8) is 0 Å². The average molecular weight is 246 g/mol. The normalized spacial score (nSPS) is 9.89. The van der Waals surface area contributed by atoms with Crippen molar-refractivity contribution in [2.75, 3.05) is 5.32 Å². The molecule has 0 aliphatic heterocycles. The monoisotopic (exact) mass is 246 g/mol. The molecule has 1 heterocycles. The van der Waals surface area contributed by atoms with Gasteiger partial charge in [0.05, 0.1) is 5.69 Å². The van der Waals surface area contributed by atoms with Gasteiger partial charge >= 0.3 is 0 Å². The van der Waals surface area contributed by atoms with Gasteiger partial charge in [0.15, 0.2) is 5.75 Å². The van der Waals surface area contributed by atoms with Crippen LogP contribution in [0.1, 0.15) is 6.92 Å². The van der Waals surface area contributed by atoms with Crippen molar-refractivity contribution in [3.8, 4) is 11.6 Å². The molecule has 92 valence electrons. The van der Waals surface area contributed by atoms with Crippen LogP contribution in [0.15, 0.2) is 42.5 Å². The molecule has 0 saturated heterocycles. The van der Waals surface area contributed by atoms with E-state index in [9.17, 15) is 9.18 Å². The van der Waals surface area contributed by atoms with Gasteiger partial charge in [-0.25, -0.2) is 0 Å². The van der Waals surface area contributed by atoms with E-state index in [0.717, 1.165) is 0 Å². The Balaban J connectivity index is 2.26. The molecule has 0 fully saturated rings. The highest BCUT2D eigenvalue weighted by Crippen LogP contribution is 2.28. The maximum atomic E-state index is 12.9. The van der Waals surface area contributed by atoms with Gasteiger partial charge in [0, 0.05) is 13.0 Å². The zero-order valence-corrected chi connectivity index (χ0v) is 9.68. The van der Waals surface area contributed by atoms with Crippen LogP contribution < -0.4 is 10.1 Å². The molecule has 0 aliphatic rings. The summed E-state index contributed by atoms with van der Waals surface area (Å²) in [7, 11) is 0. The Hall–Kier alpha value is -2.43. The van der Waals surface area contributed by atoms with Gasteiger partial charge in [0.1, 0.15) is 0 Å². The van der Waals surface area contributed by atoms with Crippen molar-refractivity contribution in [2.45, 2.75) is 6.92 Å². The summed E-state index contributed by atoms with van der Waals surface area (Å²) in [4.78, 5) is 14.6. The fraction of sp³-hybridized carbons (Fsp3) is 0.0769. The lowest BCUT2D eigenvalue weighted by Crippen LogP contribution is -2.06. The Bertz CT molecular complexity index is 572. The van der Waals surface area contributed by atoms with Crippen molar-refractivity contribution < 1.29 is 13.9 Å². The van der Waals surface area contributed by atoms with E-state index >= 15 is 0 Å². The van der Waals surface area contributed by atoms with Gasteiger partial charge in [-0.2, -0.15) is 9.37 Å². The molecule has 0 bridgehead atoms. The largest absolute Gasteiger partial charge is 0.437 e. The summed E-state index contributed by atoms with van der Waals surface area (Å²) >= 11 is 0. The number of para-hydroxylation sites is 2. The number of ether oxygens (including phenoxy) is 1. The highest BCUT2D eigenvalue weighted by atomic mass is 19.1. The van der Waals surface area contributed by atoms with Crippen LogP contribution in [0.3, 0.4) is 0 Å². The SMILES string of the molecule is CC(=O)Nc1ccccc1Oc1cccc(F)n1. The predicted molar refractivity (Wildman–Crippen MR) is 65.0 cm³/mol. The van der Waals surface area contributed by atoms with Gasteiger partial charge in [-0.15, -0.1) is 0 Å². The van der Waals surface area contributed by atoms with E-state index in [4.69, 9.17) is 4.74 Å². The van der Waals surface area contributed by atoms with E-state index in [1.165, 1.54) is 25.1 Å². The van der Waals surface area contributed by atoms with Crippen molar-refractivity contribution in [1.29, 1.82) is 0 Å². The Morgan fingerprint density at radius 2 is 2.00 bits per heavy atom. The number of amides is 1. The molecule has 1 aromatic carbocycles. The Kier molecular flexibility index (Phi) is 3.52. The van der Waals surface area contributed by atoms with Gasteiger partial charge < -0.3 is 10.1 Å². The molecule has 0 aliphatic carbocycles. The summed E-state index contributed by atoms with van der Waals surface area (Å²) in [6.07, 6.45) is 0. The molecule has 18 heavy (non-hydrogen) atoms. The van der Waals surface area contributed by atoms with E-state index in [1.807, 2.05) is 0 Å². The van der Waals surface area contributed by atoms with Crippen LogP contribution >= 0.6 is 0 Å². The quantitative estimate of drug-likeness (QED) is 0.847. The number of carbonyl (C=O) groups excluding carboxylic acids is 1. The number of hydrogen-bond donors (Lipinski definition) is 1. The minimum Gasteiger partial charge on any atom is -0.437 e. The number of rotatable bonds is 3. The van der Waals surface area contributed by atoms with Gasteiger partial charge in [-0.1, -0.05) is 18.2 Å². The summed E-state index contributed by atoms with van der Waals surface area (Å²) in [5, 5.41) is 2.62. The van der Waals surface area contributed by atoms with E-state index in [0.29, 0.717) is 11.4 Å². The second kappa shape index (κ2) is 5.27. The topological polar surface area (TPSA) is 51.2 Å². The lowest BCUT2D eigenvalue weighted by molar-refractivity contribution is -0.114. The molecule has 0 atom stereocenters. The molecule has 0 spiro atoms. The fourth-order valence-corrected chi connectivity index (χ4v) is 1.41. The predicted octanol–water partition coefficient (Wildman–Crippen LogP) is 2.97. The van der Waals surface area contributed by atoms with Crippen molar-refractivity contribution in [2.24, 2.45) is 0 Å². The van der Waals surface area contributed by atoms with E-state index in [1.54, 1.807) is 24.3 Å². The molecule has 0 radical (unpaired) electrons. The smallest absolute Gasteiger partial charge is 0.221 e. The van der Waals surface area contributed by atoms with E-state index in [2.05, 4.69) is 10.3 Å². The first-order valence-electron chi connectivity index (χ1n) is 5.32. The van der Waals surface area contributed by atoms with Crippen LogP contribution in [0.25, 0.3) is 0 Å². The number of aromatic nitrogens is 1. The summed E-state index contributed by atoms with van der Waals surface area (Å²) in [6, 6.07) is 11.1. The summed E-state index contributed by atoms with van der Waals surface area (Å²) in [5.74, 6) is -0.290. The maximum absolute atomic E-state index is 12.9. The third-order valence-electron chi connectivity index (χ3n) is 2.10. The molecule has 1 amide bonds. The number of benzene rings is 1. The number of anilines is 1. The lowest BCUT2D eigenvalue weighted by atomic mass is 10.3. The van der Waals surface area contributed by atoms with Gasteiger partial charge in [0.2, 0.25) is 17.7 Å². The number of hydrogen-bond acceptors (Lipinski definition) is 3. The molecular formula is C13H11FN2O2. The van der Waals surface area contributed by atoms with Crippen LogP contribution in [0.2, 0.25) is 0 Å². The van der Waals surface area contributed by atoms with E-state index < -0.39 is 5.95 Å². The molecule has 0 unspecified atom stereocenters. The first-order valence-corrected chi connectivity index (χ1v) is 5.32. The van der Waals surface area contributed by atoms with Crippen molar-refractivity contribution in [1.82, 2.24) is 4.98 Å². The number of carbonyl (C=O) groups is 1. The number of nitrogens with one attached hydrogen (secondary N) is 1. The zero-order chi connectivity index (χ0) is 13.0. The minimum atomic E-state index is -0.621. The molecule has 1 N–H and O–H groups in total. The van der Waals surface area contributed by atoms with Gasteiger partial charge in [0.25, 0.3) is 0 Å². The minimum absolute atomic E-state index is 0.132. The first-order chi connectivity index (χ1) is 8.65. The van der Waals surface area contributed by atoms with Crippen LogP contribution in [-0.4, -0.2) is 10.9 Å². The molecule has 2 rings (SSSR count). The highest BCUT2D eigenvalue weighted by Gasteiger charge is 2.06. The lowest BCUT2D eigenvalue weighted by Gasteiger charge is -2.10. The summed E-state index contributed by atoms with van der Waals surface area (Å²) < 4.78 is 18.3. The molecule has 5 heteroatoms. The Morgan fingerprint density at radius 1 is 1.22 bits per heavy atom. The Morgan fingerprint density at radius 3 is 2.72 bits per heavy atom. The molecule has 1 aromatic heterocycles. The molecular weight excluding hydrogens is 235 g/mol. The van der Waals surface area contributed by atoms with Gasteiger partial charge in [-0.3, -0.25) is 4.79 Å². The highest BCUT2D eigenvalue weighted by molar-refractivity contribution is 5.90. The second-order valence-corrected chi connectivity index (χ2v) is 3.58. The number of halogens is 1. The molecule has 2 aromatic rings. The number of nitrogens with zero attached hydrogens (tertiary/aromatic N) is 1. The van der Waals surface area contributed by atoms with E-state index in [-0.39, 0.29) is 11.8 Å². The van der Waals surface area contributed by atoms with Gasteiger partial charge in [-0.05, 0) is 18.2 Å². The third-order valence-corrected chi connectivity index (χ3v) is 2.10. The average Bonchev–Trinajstić information content (AvgIpc) is 2.31. The molecule has 0 saturated carbocycles. The second-order valence-electron chi connectivity index (χ2n) is 3.58. The molecule has 4 nitrogen and oxygen atoms in total. The maximum Gasteiger partial charge on any atom is 0.221 e. The third kappa shape index (κ3) is 3.04. The standard InChI is InChI=1S/C13H11FN2O2/c1-9(17)15-10-5-2-3-6-11(10)18-13-8-4-7-12(14)16-13/h2-8H,1H3,(H,15,17). The first kappa shape index (κ1) is 12.0. The summed E-state index contributed by atoms with van der Waals surface area (Å²) in [6.45, 7) is 1.40. The van der Waals surface area contributed by atoms with Crippen LogP contribution in [0, 0.1) is 5.95 Å².